The maximum absolute atomic E-state index is 13.9. The lowest BCUT2D eigenvalue weighted by Gasteiger charge is -2.26. The van der Waals surface area contributed by atoms with Crippen molar-refractivity contribution in [3.05, 3.63) is 65.0 Å². The number of aromatic hydroxyl groups is 1. The fraction of sp³-hybridized carbons (Fsp3) is 0.250. The Bertz CT molecular complexity index is 583. The Morgan fingerprint density at radius 2 is 2.00 bits per heavy atom. The third kappa shape index (κ3) is 2.61. The molecule has 0 spiro atoms. The number of phenols is 1. The van der Waals surface area contributed by atoms with Gasteiger partial charge in [0.25, 0.3) is 0 Å². The summed E-state index contributed by atoms with van der Waals surface area (Å²) in [5, 5.41) is 12.8. The fourth-order valence-corrected chi connectivity index (χ4v) is 2.68. The third-order valence-corrected chi connectivity index (χ3v) is 3.63. The first-order valence-electron chi connectivity index (χ1n) is 6.50. The second kappa shape index (κ2) is 5.02. The van der Waals surface area contributed by atoms with E-state index in [1.807, 2.05) is 18.2 Å². The van der Waals surface area contributed by atoms with Gasteiger partial charge >= 0.3 is 0 Å². The quantitative estimate of drug-likeness (QED) is 0.867. The smallest absolute Gasteiger partial charge is 0.130 e. The monoisotopic (exact) mass is 257 g/mol. The van der Waals surface area contributed by atoms with E-state index in [-0.39, 0.29) is 17.6 Å². The van der Waals surface area contributed by atoms with E-state index in [1.165, 1.54) is 11.6 Å². The standard InChI is InChI=1S/C16H16FNO/c17-16-9-14(19)7-12-10-18-13(8-15(12)16)6-11-4-2-1-3-5-11/h1-5,7,9,13,18-19H,6,8,10H2. The molecular weight excluding hydrogens is 241 g/mol. The average Bonchev–Trinajstić information content (AvgIpc) is 2.40. The number of fused-ring (bicyclic) bond motifs is 1. The first-order valence-corrected chi connectivity index (χ1v) is 6.50. The Morgan fingerprint density at radius 3 is 2.79 bits per heavy atom. The van der Waals surface area contributed by atoms with E-state index in [2.05, 4.69) is 17.4 Å². The van der Waals surface area contributed by atoms with Crippen LogP contribution in [0.5, 0.6) is 5.75 Å². The molecule has 3 heteroatoms. The summed E-state index contributed by atoms with van der Waals surface area (Å²) >= 11 is 0. The predicted molar refractivity (Wildman–Crippen MR) is 72.5 cm³/mol. The van der Waals surface area contributed by atoms with Crippen LogP contribution in [0.3, 0.4) is 0 Å². The molecule has 0 aromatic heterocycles. The van der Waals surface area contributed by atoms with Gasteiger partial charge in [0.15, 0.2) is 0 Å². The van der Waals surface area contributed by atoms with Gasteiger partial charge in [-0.05, 0) is 35.6 Å². The Labute approximate surface area is 111 Å². The summed E-state index contributed by atoms with van der Waals surface area (Å²) in [5.74, 6) is -0.297. The van der Waals surface area contributed by atoms with Gasteiger partial charge in [0, 0.05) is 18.7 Å². The van der Waals surface area contributed by atoms with Crippen LogP contribution in [0.25, 0.3) is 0 Å². The molecular formula is C16H16FNO. The van der Waals surface area contributed by atoms with Crippen molar-refractivity contribution in [1.29, 1.82) is 0 Å². The van der Waals surface area contributed by atoms with Crippen molar-refractivity contribution in [2.45, 2.75) is 25.4 Å². The molecule has 0 fully saturated rings. The molecule has 1 unspecified atom stereocenters. The van der Waals surface area contributed by atoms with E-state index in [0.29, 0.717) is 13.0 Å². The molecule has 0 aliphatic carbocycles. The molecule has 3 rings (SSSR count). The number of hydrogen-bond donors (Lipinski definition) is 2. The highest BCUT2D eigenvalue weighted by molar-refractivity contribution is 5.38. The van der Waals surface area contributed by atoms with Crippen LogP contribution in [0.15, 0.2) is 42.5 Å². The van der Waals surface area contributed by atoms with Crippen LogP contribution in [0.4, 0.5) is 4.39 Å². The molecule has 0 saturated heterocycles. The zero-order valence-electron chi connectivity index (χ0n) is 10.6. The van der Waals surface area contributed by atoms with Crippen molar-refractivity contribution in [3.63, 3.8) is 0 Å². The summed E-state index contributed by atoms with van der Waals surface area (Å²) < 4.78 is 13.9. The van der Waals surface area contributed by atoms with Crippen molar-refractivity contribution in [1.82, 2.24) is 5.32 Å². The normalized spacial score (nSPS) is 18.1. The lowest BCUT2D eigenvalue weighted by Crippen LogP contribution is -2.37. The maximum atomic E-state index is 13.9. The Morgan fingerprint density at radius 1 is 1.21 bits per heavy atom. The average molecular weight is 257 g/mol. The van der Waals surface area contributed by atoms with Crippen LogP contribution in [0.1, 0.15) is 16.7 Å². The Hall–Kier alpha value is -1.87. The van der Waals surface area contributed by atoms with E-state index < -0.39 is 0 Å². The molecule has 1 aliphatic heterocycles. The second-order valence-electron chi connectivity index (χ2n) is 5.04. The van der Waals surface area contributed by atoms with E-state index in [0.717, 1.165) is 17.5 Å². The van der Waals surface area contributed by atoms with Gasteiger partial charge in [-0.2, -0.15) is 0 Å². The van der Waals surface area contributed by atoms with Crippen molar-refractivity contribution in [2.75, 3.05) is 0 Å². The first-order chi connectivity index (χ1) is 9.22. The van der Waals surface area contributed by atoms with Crippen molar-refractivity contribution < 1.29 is 9.50 Å². The summed E-state index contributed by atoms with van der Waals surface area (Å²) in [6.07, 6.45) is 1.55. The molecule has 2 aromatic carbocycles. The summed E-state index contributed by atoms with van der Waals surface area (Å²) in [5.41, 5.74) is 2.85. The highest BCUT2D eigenvalue weighted by atomic mass is 19.1. The van der Waals surface area contributed by atoms with Crippen LogP contribution in [-0.4, -0.2) is 11.1 Å². The molecule has 98 valence electrons. The molecule has 1 aliphatic rings. The minimum Gasteiger partial charge on any atom is -0.508 e. The van der Waals surface area contributed by atoms with Crippen LogP contribution >= 0.6 is 0 Å². The number of benzene rings is 2. The number of halogens is 1. The highest BCUT2D eigenvalue weighted by Crippen LogP contribution is 2.25. The zero-order valence-corrected chi connectivity index (χ0v) is 10.6. The molecule has 0 saturated carbocycles. The van der Waals surface area contributed by atoms with Crippen molar-refractivity contribution in [3.8, 4) is 5.75 Å². The first kappa shape index (κ1) is 12.2. The Kier molecular flexibility index (Phi) is 3.22. The number of nitrogens with one attached hydrogen (secondary N) is 1. The zero-order chi connectivity index (χ0) is 13.2. The van der Waals surface area contributed by atoms with Gasteiger partial charge in [0.1, 0.15) is 11.6 Å². The molecule has 0 radical (unpaired) electrons. The van der Waals surface area contributed by atoms with E-state index >= 15 is 0 Å². The van der Waals surface area contributed by atoms with Gasteiger partial charge in [0.2, 0.25) is 0 Å². The molecule has 0 bridgehead atoms. The summed E-state index contributed by atoms with van der Waals surface area (Å²) in [4.78, 5) is 0. The topological polar surface area (TPSA) is 32.3 Å². The van der Waals surface area contributed by atoms with Crippen LogP contribution in [0, 0.1) is 5.82 Å². The second-order valence-corrected chi connectivity index (χ2v) is 5.04. The van der Waals surface area contributed by atoms with Crippen molar-refractivity contribution >= 4 is 0 Å². The van der Waals surface area contributed by atoms with Gasteiger partial charge in [-0.3, -0.25) is 0 Å². The van der Waals surface area contributed by atoms with Gasteiger partial charge in [-0.15, -0.1) is 0 Å². The largest absolute Gasteiger partial charge is 0.508 e. The molecule has 1 atom stereocenters. The molecule has 2 nitrogen and oxygen atoms in total. The summed E-state index contributed by atoms with van der Waals surface area (Å²) in [6, 6.07) is 13.3. The fourth-order valence-electron chi connectivity index (χ4n) is 2.68. The minimum absolute atomic E-state index is 0.000408. The van der Waals surface area contributed by atoms with Gasteiger partial charge in [-0.1, -0.05) is 30.3 Å². The van der Waals surface area contributed by atoms with Crippen LogP contribution in [0.2, 0.25) is 0 Å². The van der Waals surface area contributed by atoms with Crippen molar-refractivity contribution in [2.24, 2.45) is 0 Å². The van der Waals surface area contributed by atoms with Crippen LogP contribution < -0.4 is 5.32 Å². The van der Waals surface area contributed by atoms with E-state index in [9.17, 15) is 9.50 Å². The van der Waals surface area contributed by atoms with Gasteiger partial charge in [-0.25, -0.2) is 4.39 Å². The summed E-state index contributed by atoms with van der Waals surface area (Å²) in [6.45, 7) is 0.609. The third-order valence-electron chi connectivity index (χ3n) is 3.63. The number of rotatable bonds is 2. The maximum Gasteiger partial charge on any atom is 0.130 e. The molecule has 0 amide bonds. The lowest BCUT2D eigenvalue weighted by atomic mass is 9.91. The highest BCUT2D eigenvalue weighted by Gasteiger charge is 2.21. The molecule has 1 heterocycles. The van der Waals surface area contributed by atoms with Crippen LogP contribution in [-0.2, 0) is 19.4 Å². The Balaban J connectivity index is 1.79. The van der Waals surface area contributed by atoms with Gasteiger partial charge < -0.3 is 10.4 Å². The minimum atomic E-state index is -0.297. The SMILES string of the molecule is Oc1cc(F)c2c(c1)CNC(Cc1ccccc1)C2. The number of phenolic OH excluding ortho intramolecular Hbond substituents is 1. The summed E-state index contributed by atoms with van der Waals surface area (Å²) in [7, 11) is 0. The predicted octanol–water partition coefficient (Wildman–Crippen LogP) is 2.79. The molecule has 2 aromatic rings. The molecule has 19 heavy (non-hydrogen) atoms. The lowest BCUT2D eigenvalue weighted by molar-refractivity contribution is 0.441. The molecule has 2 N–H and O–H groups in total. The van der Waals surface area contributed by atoms with E-state index in [4.69, 9.17) is 0 Å². The number of hydrogen-bond acceptors (Lipinski definition) is 2. The van der Waals surface area contributed by atoms with Gasteiger partial charge in [0.05, 0.1) is 0 Å². The van der Waals surface area contributed by atoms with E-state index in [1.54, 1.807) is 6.07 Å².